The second kappa shape index (κ2) is 4.90. The van der Waals surface area contributed by atoms with Crippen molar-refractivity contribution in [3.8, 4) is 5.75 Å². The number of imide groups is 1. The van der Waals surface area contributed by atoms with E-state index in [-0.39, 0.29) is 36.1 Å². The monoisotopic (exact) mass is 275 g/mol. The number of benzene rings is 1. The van der Waals surface area contributed by atoms with E-state index in [9.17, 15) is 14.7 Å². The molecule has 0 spiro atoms. The molecule has 2 aliphatic rings. The Bertz CT molecular complexity index is 561. The van der Waals surface area contributed by atoms with Crippen molar-refractivity contribution in [1.29, 1.82) is 0 Å². The first-order chi connectivity index (χ1) is 9.61. The summed E-state index contributed by atoms with van der Waals surface area (Å²) in [4.78, 5) is 26.0. The van der Waals surface area contributed by atoms with E-state index in [0.717, 1.165) is 25.7 Å². The second-order valence-corrected chi connectivity index (χ2v) is 5.57. The number of hydrogen-bond donors (Lipinski definition) is 2. The van der Waals surface area contributed by atoms with Gasteiger partial charge in [0.1, 0.15) is 5.75 Å². The largest absolute Gasteiger partial charge is 0.508 e. The fourth-order valence-corrected chi connectivity index (χ4v) is 3.16. The zero-order chi connectivity index (χ0) is 14.3. The van der Waals surface area contributed by atoms with Crippen LogP contribution in [0, 0.1) is 5.92 Å². The normalized spacial score (nSPS) is 25.9. The molecule has 106 valence electrons. The van der Waals surface area contributed by atoms with Crippen LogP contribution >= 0.6 is 0 Å². The van der Waals surface area contributed by atoms with Crippen molar-refractivity contribution in [2.75, 3.05) is 6.61 Å². The highest BCUT2D eigenvalue weighted by molar-refractivity contribution is 6.21. The fraction of sp³-hybridized carbons (Fsp3) is 0.467. The van der Waals surface area contributed by atoms with Crippen molar-refractivity contribution < 1.29 is 19.8 Å². The summed E-state index contributed by atoms with van der Waals surface area (Å²) in [5, 5.41) is 18.6. The van der Waals surface area contributed by atoms with Gasteiger partial charge in [0.15, 0.2) is 0 Å². The van der Waals surface area contributed by atoms with Crippen LogP contribution in [0.1, 0.15) is 46.4 Å². The maximum atomic E-state index is 12.4. The topological polar surface area (TPSA) is 77.8 Å². The quantitative estimate of drug-likeness (QED) is 0.803. The molecule has 1 aromatic rings. The number of hydrogen-bond acceptors (Lipinski definition) is 4. The molecule has 0 radical (unpaired) electrons. The number of aliphatic hydroxyl groups is 1. The highest BCUT2D eigenvalue weighted by Crippen LogP contribution is 2.33. The van der Waals surface area contributed by atoms with Crippen molar-refractivity contribution in [2.45, 2.75) is 31.7 Å². The summed E-state index contributed by atoms with van der Waals surface area (Å²) >= 11 is 0. The first-order valence-electron chi connectivity index (χ1n) is 6.93. The third kappa shape index (κ3) is 1.98. The Morgan fingerprint density at radius 3 is 2.35 bits per heavy atom. The van der Waals surface area contributed by atoms with E-state index >= 15 is 0 Å². The Balaban J connectivity index is 1.83. The Hall–Kier alpha value is -1.88. The minimum Gasteiger partial charge on any atom is -0.508 e. The Morgan fingerprint density at radius 1 is 1.05 bits per heavy atom. The SMILES string of the molecule is O=C1c2ccc(O)cc2C(=O)N1C1CCC(CO)CC1. The lowest BCUT2D eigenvalue weighted by Crippen LogP contribution is -2.42. The molecule has 0 saturated heterocycles. The summed E-state index contributed by atoms with van der Waals surface area (Å²) in [6.07, 6.45) is 3.14. The zero-order valence-corrected chi connectivity index (χ0v) is 11.1. The van der Waals surface area contributed by atoms with Crippen LogP contribution in [-0.4, -0.2) is 39.6 Å². The maximum Gasteiger partial charge on any atom is 0.261 e. The molecular weight excluding hydrogens is 258 g/mol. The smallest absolute Gasteiger partial charge is 0.261 e. The van der Waals surface area contributed by atoms with Crippen LogP contribution in [0.4, 0.5) is 0 Å². The summed E-state index contributed by atoms with van der Waals surface area (Å²) in [5.74, 6) is -0.299. The van der Waals surface area contributed by atoms with E-state index in [1.807, 2.05) is 0 Å². The van der Waals surface area contributed by atoms with E-state index in [4.69, 9.17) is 5.11 Å². The van der Waals surface area contributed by atoms with Crippen LogP contribution < -0.4 is 0 Å². The van der Waals surface area contributed by atoms with Gasteiger partial charge < -0.3 is 10.2 Å². The third-order valence-corrected chi connectivity index (χ3v) is 4.34. The summed E-state index contributed by atoms with van der Waals surface area (Å²) in [5.41, 5.74) is 0.663. The van der Waals surface area contributed by atoms with E-state index < -0.39 is 0 Å². The first kappa shape index (κ1) is 13.1. The van der Waals surface area contributed by atoms with Crippen molar-refractivity contribution in [3.05, 3.63) is 29.3 Å². The van der Waals surface area contributed by atoms with Gasteiger partial charge in [-0.25, -0.2) is 0 Å². The van der Waals surface area contributed by atoms with E-state index in [0.29, 0.717) is 11.1 Å². The molecule has 0 bridgehead atoms. The Morgan fingerprint density at radius 2 is 1.70 bits per heavy atom. The van der Waals surface area contributed by atoms with Gasteiger partial charge in [-0.15, -0.1) is 0 Å². The van der Waals surface area contributed by atoms with Gasteiger partial charge in [0.25, 0.3) is 11.8 Å². The molecule has 0 unspecified atom stereocenters. The number of rotatable bonds is 2. The number of nitrogens with zero attached hydrogens (tertiary/aromatic N) is 1. The molecular formula is C15H17NO4. The standard InChI is InChI=1S/C15H17NO4/c17-8-9-1-3-10(4-2-9)16-14(19)12-6-5-11(18)7-13(12)15(16)20/h5-7,9-10,17-18H,1-4,8H2. The second-order valence-electron chi connectivity index (χ2n) is 5.57. The van der Waals surface area contributed by atoms with Gasteiger partial charge in [0.05, 0.1) is 11.1 Å². The van der Waals surface area contributed by atoms with Crippen molar-refractivity contribution in [3.63, 3.8) is 0 Å². The number of aromatic hydroxyl groups is 1. The van der Waals surface area contributed by atoms with Crippen LogP contribution in [0.2, 0.25) is 0 Å². The number of fused-ring (bicyclic) bond motifs is 1. The van der Waals surface area contributed by atoms with Crippen LogP contribution in [0.25, 0.3) is 0 Å². The summed E-state index contributed by atoms with van der Waals surface area (Å²) in [7, 11) is 0. The van der Waals surface area contributed by atoms with Crippen molar-refractivity contribution in [1.82, 2.24) is 4.90 Å². The van der Waals surface area contributed by atoms with Crippen LogP contribution in [0.5, 0.6) is 5.75 Å². The third-order valence-electron chi connectivity index (χ3n) is 4.34. The zero-order valence-electron chi connectivity index (χ0n) is 11.1. The Kier molecular flexibility index (Phi) is 3.22. The highest BCUT2D eigenvalue weighted by atomic mass is 16.3. The molecule has 1 aliphatic carbocycles. The first-order valence-corrected chi connectivity index (χ1v) is 6.93. The van der Waals surface area contributed by atoms with Gasteiger partial charge in [0, 0.05) is 12.6 Å². The predicted molar refractivity (Wildman–Crippen MR) is 71.4 cm³/mol. The number of amides is 2. The van der Waals surface area contributed by atoms with Crippen molar-refractivity contribution in [2.24, 2.45) is 5.92 Å². The van der Waals surface area contributed by atoms with Gasteiger partial charge in [-0.2, -0.15) is 0 Å². The number of phenolic OH excluding ortho intramolecular Hbond substituents is 1. The van der Waals surface area contributed by atoms with E-state index in [1.165, 1.54) is 23.1 Å². The van der Waals surface area contributed by atoms with Crippen LogP contribution in [0.15, 0.2) is 18.2 Å². The predicted octanol–water partition coefficient (Wildman–Crippen LogP) is 1.54. The van der Waals surface area contributed by atoms with Gasteiger partial charge >= 0.3 is 0 Å². The number of carbonyl (C=O) groups is 2. The van der Waals surface area contributed by atoms with Crippen molar-refractivity contribution >= 4 is 11.8 Å². The lowest BCUT2D eigenvalue weighted by atomic mass is 9.86. The van der Waals surface area contributed by atoms with Crippen LogP contribution in [-0.2, 0) is 0 Å². The van der Waals surface area contributed by atoms with Gasteiger partial charge in [-0.1, -0.05) is 0 Å². The van der Waals surface area contributed by atoms with E-state index in [2.05, 4.69) is 0 Å². The minimum atomic E-state index is -0.312. The number of phenols is 1. The lowest BCUT2D eigenvalue weighted by Gasteiger charge is -2.32. The molecule has 1 aliphatic heterocycles. The highest BCUT2D eigenvalue weighted by Gasteiger charge is 2.41. The molecule has 20 heavy (non-hydrogen) atoms. The molecule has 1 aromatic carbocycles. The molecule has 5 heteroatoms. The van der Waals surface area contributed by atoms with Crippen LogP contribution in [0.3, 0.4) is 0 Å². The minimum absolute atomic E-state index is 0.00395. The molecule has 2 amide bonds. The average molecular weight is 275 g/mol. The van der Waals surface area contributed by atoms with Gasteiger partial charge in [-0.05, 0) is 49.8 Å². The molecule has 5 nitrogen and oxygen atoms in total. The number of aliphatic hydroxyl groups excluding tert-OH is 1. The lowest BCUT2D eigenvalue weighted by molar-refractivity contribution is 0.0512. The van der Waals surface area contributed by atoms with Gasteiger partial charge in [-0.3, -0.25) is 14.5 Å². The molecule has 1 heterocycles. The van der Waals surface area contributed by atoms with Gasteiger partial charge in [0.2, 0.25) is 0 Å². The summed E-state index contributed by atoms with van der Waals surface area (Å²) in [6.45, 7) is 0.169. The van der Waals surface area contributed by atoms with E-state index in [1.54, 1.807) is 0 Å². The molecule has 1 fully saturated rings. The molecule has 1 saturated carbocycles. The average Bonchev–Trinajstić information content (AvgIpc) is 2.71. The Labute approximate surface area is 116 Å². The molecule has 0 atom stereocenters. The fourth-order valence-electron chi connectivity index (χ4n) is 3.16. The number of carbonyl (C=O) groups excluding carboxylic acids is 2. The maximum absolute atomic E-state index is 12.4. The summed E-state index contributed by atoms with van der Waals surface area (Å²) in [6, 6.07) is 4.20. The molecule has 2 N–H and O–H groups in total. The molecule has 3 rings (SSSR count). The molecule has 0 aromatic heterocycles. The summed E-state index contributed by atoms with van der Waals surface area (Å²) < 4.78 is 0.